The fourth-order valence-corrected chi connectivity index (χ4v) is 16.9. The molecule has 15 rings (SSSR count). The number of rotatable bonds is 8. The van der Waals surface area contributed by atoms with Gasteiger partial charge in [0.2, 0.25) is 0 Å². The van der Waals surface area contributed by atoms with Crippen molar-refractivity contribution in [3.8, 4) is 0 Å². The molecule has 0 spiro atoms. The monoisotopic (exact) mass is 1270 g/mol. The fourth-order valence-electron chi connectivity index (χ4n) is 11.3. The van der Waals surface area contributed by atoms with Crippen molar-refractivity contribution in [2.75, 3.05) is 21.1 Å². The molecule has 9 aromatic carbocycles. The van der Waals surface area contributed by atoms with E-state index >= 15 is 0 Å². The number of aromatic nitrogens is 2. The van der Waals surface area contributed by atoms with Crippen LogP contribution >= 0.6 is 12.0 Å². The molecule has 22 nitrogen and oxygen atoms in total. The molecular formula is C58H38GaN9O13S4-3. The van der Waals surface area contributed by atoms with Crippen molar-refractivity contribution in [1.29, 1.82) is 0 Å². The van der Waals surface area contributed by atoms with Crippen LogP contribution in [0.4, 0.5) is 11.6 Å². The van der Waals surface area contributed by atoms with E-state index in [0.29, 0.717) is 93.2 Å². The van der Waals surface area contributed by atoms with E-state index in [4.69, 9.17) is 34.3 Å². The Morgan fingerprint density at radius 3 is 1.38 bits per heavy atom. The summed E-state index contributed by atoms with van der Waals surface area (Å²) in [4.78, 5) is 30.2. The quantitative estimate of drug-likeness (QED) is 0.0415. The summed E-state index contributed by atoms with van der Waals surface area (Å²) in [6.07, 6.45) is 0. The number of amidine groups is 4. The molecule has 11 aromatic rings. The maximum atomic E-state index is 12.8. The summed E-state index contributed by atoms with van der Waals surface area (Å²) in [6.45, 7) is 1.10. The number of quaternary nitrogens is 1. The Balaban J connectivity index is 0.000000507. The first-order valence-electron chi connectivity index (χ1n) is 25.4. The number of benzene rings is 9. The summed E-state index contributed by atoms with van der Waals surface area (Å²) in [6, 6.07) is 42.3. The summed E-state index contributed by atoms with van der Waals surface area (Å²) in [7, 11) is -8.42. The Hall–Kier alpha value is -8.10. The number of aliphatic imine (C=N–C) groups is 4. The van der Waals surface area contributed by atoms with Crippen LogP contribution < -0.4 is 16.2 Å². The van der Waals surface area contributed by atoms with E-state index in [1.54, 1.807) is 60.7 Å². The maximum absolute atomic E-state index is 12.8. The Bertz CT molecular complexity index is 5450. The first kappa shape index (κ1) is 56.1. The van der Waals surface area contributed by atoms with Crippen LogP contribution in [-0.2, 0) is 46.3 Å². The van der Waals surface area contributed by atoms with Crippen molar-refractivity contribution in [2.24, 2.45) is 30.0 Å². The van der Waals surface area contributed by atoms with Gasteiger partial charge in [-0.1, -0.05) is 30.3 Å². The number of hydrogen-bond acceptors (Lipinski definition) is 19. The van der Waals surface area contributed by atoms with Gasteiger partial charge in [-0.2, -0.15) is 0 Å². The van der Waals surface area contributed by atoms with Crippen LogP contribution in [0.5, 0.6) is 0 Å². The van der Waals surface area contributed by atoms with E-state index in [-0.39, 0.29) is 62.1 Å². The van der Waals surface area contributed by atoms with Crippen molar-refractivity contribution < 1.29 is 63.5 Å². The molecule has 85 heavy (non-hydrogen) atoms. The normalized spacial score (nSPS) is 14.3. The van der Waals surface area contributed by atoms with Crippen molar-refractivity contribution in [1.82, 2.24) is 6.55 Å². The van der Waals surface area contributed by atoms with Gasteiger partial charge in [0.1, 0.15) is 6.54 Å². The molecule has 0 fully saturated rings. The molecule has 0 saturated heterocycles. The first-order chi connectivity index (χ1) is 40.1. The molecule has 1 radical (unpaired) electrons. The third-order valence-corrected chi connectivity index (χ3v) is 21.1. The van der Waals surface area contributed by atoms with Gasteiger partial charge in [-0.05, 0) is 0 Å². The zero-order chi connectivity index (χ0) is 58.4. The van der Waals surface area contributed by atoms with Gasteiger partial charge in [0.25, 0.3) is 0 Å². The molecule has 0 saturated carbocycles. The van der Waals surface area contributed by atoms with Crippen LogP contribution in [-0.4, -0.2) is 118 Å². The predicted octanol–water partition coefficient (Wildman–Crippen LogP) is 6.09. The van der Waals surface area contributed by atoms with Gasteiger partial charge in [0.05, 0.1) is 21.1 Å². The second kappa shape index (κ2) is 20.3. The van der Waals surface area contributed by atoms with Crippen LogP contribution in [0.15, 0.2) is 201 Å². The van der Waals surface area contributed by atoms with E-state index in [1.165, 1.54) is 48.0 Å². The van der Waals surface area contributed by atoms with Gasteiger partial charge >= 0.3 is 424 Å². The van der Waals surface area contributed by atoms with Crippen LogP contribution in [0.25, 0.3) is 64.6 Å². The molecule has 0 aliphatic carbocycles. The molecule has 0 unspecified atom stereocenters. The fraction of sp³-hybridized carbons (Fsp3) is 0.0690. The van der Waals surface area contributed by atoms with E-state index < -0.39 is 62.9 Å². The molecular weight excluding hydrogens is 1230 g/mol. The Labute approximate surface area is 494 Å². The molecule has 0 atom stereocenters. The number of hydrogen-bond donors (Lipinski definition) is 0. The van der Waals surface area contributed by atoms with E-state index in [2.05, 4.69) is 56.5 Å². The topological polar surface area (TPSA) is 329 Å². The first-order valence-corrected chi connectivity index (χ1v) is 32.6. The van der Waals surface area contributed by atoms with Crippen molar-refractivity contribution in [3.05, 3.63) is 190 Å². The standard InChI is InChI=1S/C48H24N8O12S4.C10H16N.Ga.H2O/c57-67-68-69-37-9-1-5-21-13-29-33(17-25(21)37)45-49-41(29)51-46-35-19-27-23(7-3-11-39(27)71(61,62)63)15-31(35)43(53-46)55-48-36-20-28-24(8-4-12-40(28)72(64,65)66)16-32(36)44(56-48)54-47-34-18-26-22(14-30(34)42(50-45)52-47)6-2-10-38(26)70(58,59)60;1-11(2,3)9-10-7-5-4-6-8-10;;/h1-20H,(H4-2,49,50,51,52,53,54,55,56,57,58,59,60,61,62,63,64,65,66);4-8H,9H2,1-3H3;;1H2/q-2;+1;+2;/p-4. The summed E-state index contributed by atoms with van der Waals surface area (Å²) < 4.78 is 125. The van der Waals surface area contributed by atoms with Gasteiger partial charge in [0, 0.05) is 5.56 Å². The Kier molecular flexibility index (Phi) is 13.4. The van der Waals surface area contributed by atoms with Gasteiger partial charge in [-0.3, -0.25) is 0 Å². The van der Waals surface area contributed by atoms with Crippen LogP contribution in [0.3, 0.4) is 0 Å². The number of fused-ring (bicyclic) bond motifs is 18. The summed E-state index contributed by atoms with van der Waals surface area (Å²) in [5, 5.41) is 19.1. The molecule has 6 heterocycles. The average Bonchev–Trinajstić information content (AvgIpc) is 1.61. The zero-order valence-electron chi connectivity index (χ0n) is 44.3. The summed E-state index contributed by atoms with van der Waals surface area (Å²) >= 11 is -1.74. The van der Waals surface area contributed by atoms with Crippen molar-refractivity contribution in [2.45, 2.75) is 26.1 Å². The molecule has 4 aliphatic heterocycles. The van der Waals surface area contributed by atoms with Gasteiger partial charge in [-0.25, -0.2) is 0 Å². The second-order valence-corrected chi connectivity index (χ2v) is 28.6. The van der Waals surface area contributed by atoms with E-state index in [0.717, 1.165) is 11.0 Å². The van der Waals surface area contributed by atoms with Crippen LogP contribution in [0.2, 0.25) is 0 Å². The van der Waals surface area contributed by atoms with Crippen molar-refractivity contribution in [3.63, 3.8) is 0 Å². The van der Waals surface area contributed by atoms with Crippen LogP contribution in [0, 0.1) is 0 Å². The Morgan fingerprint density at radius 1 is 0.459 bits per heavy atom. The molecule has 2 aromatic heterocycles. The predicted molar refractivity (Wildman–Crippen MR) is 315 cm³/mol. The van der Waals surface area contributed by atoms with E-state index in [9.17, 15) is 44.2 Å². The minimum atomic E-state index is -5.02. The molecule has 0 amide bonds. The summed E-state index contributed by atoms with van der Waals surface area (Å²) in [5.41, 5.74) is 3.68. The second-order valence-electron chi connectivity index (χ2n) is 21.1. The van der Waals surface area contributed by atoms with Crippen LogP contribution in [0.1, 0.15) is 27.8 Å². The van der Waals surface area contributed by atoms with Gasteiger partial charge < -0.3 is 9.96 Å². The molecule has 423 valence electrons. The van der Waals surface area contributed by atoms with Gasteiger partial charge in [0.15, 0.2) is 0 Å². The average molecular weight is 1270 g/mol. The zero-order valence-corrected chi connectivity index (χ0v) is 50.0. The molecule has 27 heteroatoms. The molecule has 4 aliphatic rings. The van der Waals surface area contributed by atoms with Gasteiger partial charge in [-0.15, -0.1) is 0 Å². The molecule has 2 N–H and O–H groups in total. The summed E-state index contributed by atoms with van der Waals surface area (Å²) in [5.74, 6) is 1.07. The van der Waals surface area contributed by atoms with Crippen molar-refractivity contribution >= 4 is 160 Å². The number of nitrogens with zero attached hydrogens (tertiary/aromatic N) is 9. The SMILES string of the molecule is C[N+](C)(C)Cc1ccccc1.O.O=S(=O)([O-])c1cccc2cc3c(cc12)C1=Nc2c4cc5cccc(S(=O)(=O)[O-])c5cc4c4[n]2[Ga][n]2c(c5cc6cccc(S(=O)(=O)[O-])c6cc5c2=NC3=N1)=NC1=NC(=N4)c2cc3cccc(SOO[O-])c3cc21. The third-order valence-electron chi connectivity index (χ3n) is 14.7. The Morgan fingerprint density at radius 2 is 0.871 bits per heavy atom. The molecule has 6 bridgehead atoms. The minimum absolute atomic E-state index is 0. The van der Waals surface area contributed by atoms with E-state index in [1.807, 2.05) is 24.7 Å². The third kappa shape index (κ3) is 9.68.